The van der Waals surface area contributed by atoms with Gasteiger partial charge in [-0.15, -0.1) is 11.8 Å². The molecule has 2 aromatic heterocycles. The first-order valence-corrected chi connectivity index (χ1v) is 8.09. The number of aromatic nitrogens is 2. The molecule has 0 aliphatic heterocycles. The second kappa shape index (κ2) is 6.29. The molecular weight excluding hydrogens is 300 g/mol. The zero-order chi connectivity index (χ0) is 14.7. The van der Waals surface area contributed by atoms with Gasteiger partial charge in [-0.25, -0.2) is 4.98 Å². The molecule has 0 saturated carbocycles. The van der Waals surface area contributed by atoms with Gasteiger partial charge in [0.05, 0.1) is 11.4 Å². The van der Waals surface area contributed by atoms with Gasteiger partial charge in [0, 0.05) is 33.4 Å². The van der Waals surface area contributed by atoms with Crippen LogP contribution in [0.3, 0.4) is 0 Å². The van der Waals surface area contributed by atoms with Crippen LogP contribution < -0.4 is 0 Å². The Morgan fingerprint density at radius 3 is 2.29 bits per heavy atom. The van der Waals surface area contributed by atoms with Gasteiger partial charge in [0.15, 0.2) is 0 Å². The van der Waals surface area contributed by atoms with E-state index in [0.29, 0.717) is 5.02 Å². The van der Waals surface area contributed by atoms with E-state index >= 15 is 0 Å². The highest BCUT2D eigenvalue weighted by atomic mass is 35.5. The number of thioether (sulfide) groups is 1. The molecule has 4 heteroatoms. The second-order valence-electron chi connectivity index (χ2n) is 4.52. The number of hydrogen-bond donors (Lipinski definition) is 0. The molecule has 2 nitrogen and oxygen atoms in total. The summed E-state index contributed by atoms with van der Waals surface area (Å²) in [5.41, 5.74) is 3.95. The molecule has 104 valence electrons. The zero-order valence-electron chi connectivity index (χ0n) is 11.5. The first-order valence-electron chi connectivity index (χ1n) is 6.49. The quantitative estimate of drug-likeness (QED) is 0.623. The Bertz CT molecular complexity index is 760. The Kier molecular flexibility index (Phi) is 4.23. The number of halogens is 1. The Morgan fingerprint density at radius 1 is 0.905 bits per heavy atom. The average Bonchev–Trinajstić information content (AvgIpc) is 2.55. The van der Waals surface area contributed by atoms with Gasteiger partial charge in [0.1, 0.15) is 0 Å². The second-order valence-corrected chi connectivity index (χ2v) is 5.84. The standard InChI is InChI=1S/C17H13ClN2S/c1-21-15-10-16(12-5-7-19-8-6-12)20-17(11-15)13-3-2-4-14(18)9-13/h2-11H,1H3. The maximum Gasteiger partial charge on any atom is 0.0721 e. The molecule has 0 N–H and O–H groups in total. The first kappa shape index (κ1) is 14.1. The van der Waals surface area contributed by atoms with Crippen molar-refractivity contribution in [2.24, 2.45) is 0 Å². The van der Waals surface area contributed by atoms with Crippen molar-refractivity contribution in [3.63, 3.8) is 0 Å². The van der Waals surface area contributed by atoms with Crippen LogP contribution in [0.25, 0.3) is 22.5 Å². The number of pyridine rings is 2. The van der Waals surface area contributed by atoms with Gasteiger partial charge in [0.2, 0.25) is 0 Å². The minimum atomic E-state index is 0.717. The molecular formula is C17H13ClN2S. The fourth-order valence-corrected chi connectivity index (χ4v) is 2.74. The Labute approximate surface area is 133 Å². The van der Waals surface area contributed by atoms with E-state index in [2.05, 4.69) is 23.4 Å². The average molecular weight is 313 g/mol. The van der Waals surface area contributed by atoms with Crippen molar-refractivity contribution in [1.29, 1.82) is 0 Å². The van der Waals surface area contributed by atoms with Crippen LogP contribution in [0.4, 0.5) is 0 Å². The normalized spacial score (nSPS) is 10.6. The van der Waals surface area contributed by atoms with Gasteiger partial charge in [0.25, 0.3) is 0 Å². The van der Waals surface area contributed by atoms with E-state index in [1.807, 2.05) is 36.4 Å². The van der Waals surface area contributed by atoms with Crippen LogP contribution in [-0.2, 0) is 0 Å². The monoisotopic (exact) mass is 312 g/mol. The molecule has 1 aromatic carbocycles. The van der Waals surface area contributed by atoms with Crippen LogP contribution in [0.1, 0.15) is 0 Å². The van der Waals surface area contributed by atoms with Crippen molar-refractivity contribution >= 4 is 23.4 Å². The highest BCUT2D eigenvalue weighted by Gasteiger charge is 2.07. The van der Waals surface area contributed by atoms with E-state index < -0.39 is 0 Å². The van der Waals surface area contributed by atoms with Gasteiger partial charge in [-0.3, -0.25) is 4.98 Å². The smallest absolute Gasteiger partial charge is 0.0721 e. The fraction of sp³-hybridized carbons (Fsp3) is 0.0588. The minimum Gasteiger partial charge on any atom is -0.265 e. The van der Waals surface area contributed by atoms with E-state index in [1.54, 1.807) is 24.2 Å². The molecule has 0 aliphatic carbocycles. The molecule has 21 heavy (non-hydrogen) atoms. The van der Waals surface area contributed by atoms with Gasteiger partial charge >= 0.3 is 0 Å². The van der Waals surface area contributed by atoms with Crippen LogP contribution in [-0.4, -0.2) is 16.2 Å². The molecule has 0 saturated heterocycles. The molecule has 0 atom stereocenters. The van der Waals surface area contributed by atoms with E-state index in [9.17, 15) is 0 Å². The van der Waals surface area contributed by atoms with Crippen molar-refractivity contribution in [1.82, 2.24) is 9.97 Å². The van der Waals surface area contributed by atoms with Gasteiger partial charge < -0.3 is 0 Å². The maximum atomic E-state index is 6.08. The number of rotatable bonds is 3. The third-order valence-electron chi connectivity index (χ3n) is 3.13. The molecule has 3 rings (SSSR count). The largest absolute Gasteiger partial charge is 0.265 e. The van der Waals surface area contributed by atoms with E-state index in [0.717, 1.165) is 22.5 Å². The summed E-state index contributed by atoms with van der Waals surface area (Å²) in [6.45, 7) is 0. The molecule has 0 aliphatic rings. The van der Waals surface area contributed by atoms with Crippen LogP contribution in [0, 0.1) is 0 Å². The van der Waals surface area contributed by atoms with E-state index in [1.165, 1.54) is 4.90 Å². The summed E-state index contributed by atoms with van der Waals surface area (Å²) in [6, 6.07) is 15.9. The van der Waals surface area contributed by atoms with Crippen LogP contribution in [0.2, 0.25) is 5.02 Å². The van der Waals surface area contributed by atoms with Gasteiger partial charge in [-0.2, -0.15) is 0 Å². The summed E-state index contributed by atoms with van der Waals surface area (Å²) in [6.07, 6.45) is 5.62. The summed E-state index contributed by atoms with van der Waals surface area (Å²) in [5.74, 6) is 0. The third kappa shape index (κ3) is 3.26. The molecule has 0 radical (unpaired) electrons. The number of hydrogen-bond acceptors (Lipinski definition) is 3. The van der Waals surface area contributed by atoms with Crippen LogP contribution >= 0.6 is 23.4 Å². The lowest BCUT2D eigenvalue weighted by Crippen LogP contribution is -1.90. The van der Waals surface area contributed by atoms with Crippen molar-refractivity contribution in [3.05, 3.63) is 65.9 Å². The first-order chi connectivity index (χ1) is 10.3. The SMILES string of the molecule is CSc1cc(-c2ccncc2)nc(-c2cccc(Cl)c2)c1. The Hall–Kier alpha value is -1.84. The van der Waals surface area contributed by atoms with Crippen LogP contribution in [0.5, 0.6) is 0 Å². The summed E-state index contributed by atoms with van der Waals surface area (Å²) in [5, 5.41) is 0.717. The third-order valence-corrected chi connectivity index (χ3v) is 4.07. The molecule has 0 amide bonds. The predicted molar refractivity (Wildman–Crippen MR) is 89.7 cm³/mol. The van der Waals surface area contributed by atoms with Crippen molar-refractivity contribution in [2.45, 2.75) is 4.90 Å². The number of benzene rings is 1. The zero-order valence-corrected chi connectivity index (χ0v) is 13.0. The summed E-state index contributed by atoms with van der Waals surface area (Å²) in [4.78, 5) is 9.99. The summed E-state index contributed by atoms with van der Waals surface area (Å²) >= 11 is 7.79. The van der Waals surface area contributed by atoms with Crippen LogP contribution in [0.15, 0.2) is 65.8 Å². The minimum absolute atomic E-state index is 0.717. The topological polar surface area (TPSA) is 25.8 Å². The number of nitrogens with zero attached hydrogens (tertiary/aromatic N) is 2. The Morgan fingerprint density at radius 2 is 1.62 bits per heavy atom. The summed E-state index contributed by atoms with van der Waals surface area (Å²) in [7, 11) is 0. The highest BCUT2D eigenvalue weighted by Crippen LogP contribution is 2.29. The molecule has 0 spiro atoms. The molecule has 0 fully saturated rings. The fourth-order valence-electron chi connectivity index (χ4n) is 2.09. The van der Waals surface area contributed by atoms with Crippen molar-refractivity contribution in [2.75, 3.05) is 6.26 Å². The molecule has 2 heterocycles. The van der Waals surface area contributed by atoms with Crippen molar-refractivity contribution in [3.8, 4) is 22.5 Å². The predicted octanol–water partition coefficient (Wildman–Crippen LogP) is 5.19. The lowest BCUT2D eigenvalue weighted by molar-refractivity contribution is 1.25. The van der Waals surface area contributed by atoms with Gasteiger partial charge in [-0.1, -0.05) is 23.7 Å². The van der Waals surface area contributed by atoms with E-state index in [-0.39, 0.29) is 0 Å². The van der Waals surface area contributed by atoms with Crippen molar-refractivity contribution < 1.29 is 0 Å². The lowest BCUT2D eigenvalue weighted by Gasteiger charge is -2.08. The highest BCUT2D eigenvalue weighted by molar-refractivity contribution is 7.98. The molecule has 0 unspecified atom stereocenters. The Balaban J connectivity index is 2.14. The lowest BCUT2D eigenvalue weighted by atomic mass is 10.1. The maximum absolute atomic E-state index is 6.08. The van der Waals surface area contributed by atoms with E-state index in [4.69, 9.17) is 16.6 Å². The molecule has 0 bridgehead atoms. The molecule has 3 aromatic rings. The summed E-state index contributed by atoms with van der Waals surface area (Å²) < 4.78 is 0. The van der Waals surface area contributed by atoms with Gasteiger partial charge in [-0.05, 0) is 42.7 Å².